The Bertz CT molecular complexity index is 70.8. The van der Waals surface area contributed by atoms with Gasteiger partial charge in [0.25, 0.3) is 0 Å². The van der Waals surface area contributed by atoms with Crippen LogP contribution in [0.3, 0.4) is 0 Å². The third-order valence-electron chi connectivity index (χ3n) is 1.37. The molecule has 0 fully saturated rings. The van der Waals surface area contributed by atoms with E-state index in [0.717, 1.165) is 31.4 Å². The molecule has 2 nitrogen and oxygen atoms in total. The maximum absolute atomic E-state index is 8.45. The molecule has 0 aromatic carbocycles. The average Bonchev–Trinajstić information content (AvgIpc) is 1.87. The van der Waals surface area contributed by atoms with Crippen molar-refractivity contribution in [2.24, 2.45) is 0 Å². The quantitative estimate of drug-likeness (QED) is 0.309. The van der Waals surface area contributed by atoms with Crippen molar-refractivity contribution in [2.75, 3.05) is 5.75 Å². The molecule has 0 amide bonds. The summed E-state index contributed by atoms with van der Waals surface area (Å²) in [6.07, 6.45) is 4.77. The Morgan fingerprint density at radius 1 is 1.00 bits per heavy atom. The van der Waals surface area contributed by atoms with Gasteiger partial charge in [-0.2, -0.15) is 12.6 Å². The lowest BCUT2D eigenvalue weighted by molar-refractivity contribution is 0.401. The third-order valence-corrected chi connectivity index (χ3v) is 1.69. The number of rotatable bonds is 6. The highest BCUT2D eigenvalue weighted by atomic mass is 32.1. The molecular weight excluding hydrogens is 147 g/mol. The van der Waals surface area contributed by atoms with Crippen LogP contribution < -0.4 is 0 Å². The summed E-state index contributed by atoms with van der Waals surface area (Å²) in [4.78, 5) is 0. The van der Waals surface area contributed by atoms with Crippen molar-refractivity contribution in [1.29, 1.82) is 0 Å². The van der Waals surface area contributed by atoms with E-state index in [1.165, 1.54) is 0 Å². The summed E-state index contributed by atoms with van der Waals surface area (Å²) in [6.45, 7) is 0. The van der Waals surface area contributed by atoms with Gasteiger partial charge < -0.3 is 10.0 Å². The van der Waals surface area contributed by atoms with Crippen molar-refractivity contribution in [3.63, 3.8) is 0 Å². The zero-order chi connectivity index (χ0) is 7.82. The smallest absolute Gasteiger partial charge is 0.427 e. The van der Waals surface area contributed by atoms with Crippen LogP contribution in [0.15, 0.2) is 0 Å². The van der Waals surface area contributed by atoms with E-state index in [9.17, 15) is 0 Å². The van der Waals surface area contributed by atoms with E-state index in [0.29, 0.717) is 6.32 Å². The lowest BCUT2D eigenvalue weighted by atomic mass is 9.83. The molecule has 0 spiro atoms. The Hall–Kier alpha value is 0.335. The molecular formula is C6H15BO2S. The molecule has 0 radical (unpaired) electrons. The first-order valence-electron chi connectivity index (χ1n) is 3.74. The van der Waals surface area contributed by atoms with E-state index in [1.54, 1.807) is 0 Å². The highest BCUT2D eigenvalue weighted by molar-refractivity contribution is 7.80. The highest BCUT2D eigenvalue weighted by Crippen LogP contribution is 2.04. The van der Waals surface area contributed by atoms with Crippen LogP contribution in [0.4, 0.5) is 0 Å². The minimum absolute atomic E-state index is 0.507. The fraction of sp³-hybridized carbons (Fsp3) is 1.00. The molecule has 0 aromatic rings. The highest BCUT2D eigenvalue weighted by Gasteiger charge is 2.03. The van der Waals surface area contributed by atoms with E-state index in [-0.39, 0.29) is 0 Å². The normalized spacial score (nSPS) is 9.90. The molecule has 0 aliphatic rings. The molecule has 0 aliphatic carbocycles. The van der Waals surface area contributed by atoms with E-state index >= 15 is 0 Å². The van der Waals surface area contributed by atoms with Crippen molar-refractivity contribution in [3.8, 4) is 0 Å². The summed E-state index contributed by atoms with van der Waals surface area (Å²) in [5.41, 5.74) is 0. The second-order valence-electron chi connectivity index (χ2n) is 2.41. The fourth-order valence-corrected chi connectivity index (χ4v) is 1.02. The Morgan fingerprint density at radius 2 is 1.60 bits per heavy atom. The molecule has 0 unspecified atom stereocenters. The first-order chi connectivity index (χ1) is 4.77. The van der Waals surface area contributed by atoms with Gasteiger partial charge in [-0.05, 0) is 18.5 Å². The predicted molar refractivity (Wildman–Crippen MR) is 47.3 cm³/mol. The maximum atomic E-state index is 8.45. The lowest BCUT2D eigenvalue weighted by Gasteiger charge is -1.97. The van der Waals surface area contributed by atoms with Crippen molar-refractivity contribution in [1.82, 2.24) is 0 Å². The molecule has 10 heavy (non-hydrogen) atoms. The molecule has 60 valence electrons. The number of thiol groups is 1. The fourth-order valence-electron chi connectivity index (χ4n) is 0.792. The summed E-state index contributed by atoms with van der Waals surface area (Å²) in [5.74, 6) is 0.932. The third kappa shape index (κ3) is 8.33. The first-order valence-corrected chi connectivity index (χ1v) is 4.37. The number of unbranched alkanes of at least 4 members (excludes halogenated alkanes) is 3. The first kappa shape index (κ1) is 10.3. The topological polar surface area (TPSA) is 40.5 Å². The monoisotopic (exact) mass is 162 g/mol. The van der Waals surface area contributed by atoms with Crippen LogP contribution in [0.25, 0.3) is 0 Å². The van der Waals surface area contributed by atoms with Crippen LogP contribution in [-0.4, -0.2) is 22.9 Å². The van der Waals surface area contributed by atoms with E-state index < -0.39 is 7.12 Å². The second kappa shape index (κ2) is 7.44. The van der Waals surface area contributed by atoms with Gasteiger partial charge in [0, 0.05) is 0 Å². The zero-order valence-corrected chi connectivity index (χ0v) is 7.06. The predicted octanol–water partition coefficient (Wildman–Crippen LogP) is 0.949. The molecule has 0 aliphatic heterocycles. The summed E-state index contributed by atoms with van der Waals surface area (Å²) in [7, 11) is -1.11. The van der Waals surface area contributed by atoms with Crippen molar-refractivity contribution < 1.29 is 10.0 Å². The van der Waals surface area contributed by atoms with E-state index in [1.807, 2.05) is 0 Å². The Kier molecular flexibility index (Phi) is 7.69. The lowest BCUT2D eigenvalue weighted by Crippen LogP contribution is -2.09. The Morgan fingerprint density at radius 3 is 2.10 bits per heavy atom. The van der Waals surface area contributed by atoms with Gasteiger partial charge >= 0.3 is 7.12 Å². The minimum Gasteiger partial charge on any atom is -0.427 e. The van der Waals surface area contributed by atoms with E-state index in [2.05, 4.69) is 12.6 Å². The molecule has 4 heteroatoms. The van der Waals surface area contributed by atoms with E-state index in [4.69, 9.17) is 10.0 Å². The van der Waals surface area contributed by atoms with Crippen LogP contribution in [0.5, 0.6) is 0 Å². The summed E-state index contributed by atoms with van der Waals surface area (Å²) in [5, 5.41) is 16.9. The molecule has 0 saturated carbocycles. The average molecular weight is 162 g/mol. The minimum atomic E-state index is -1.11. The molecule has 2 N–H and O–H groups in total. The van der Waals surface area contributed by atoms with Gasteiger partial charge in [-0.3, -0.25) is 0 Å². The second-order valence-corrected chi connectivity index (χ2v) is 2.85. The Balaban J connectivity index is 2.77. The van der Waals surface area contributed by atoms with Crippen LogP contribution in [0.2, 0.25) is 6.32 Å². The summed E-state index contributed by atoms with van der Waals surface area (Å²) < 4.78 is 0. The van der Waals surface area contributed by atoms with Gasteiger partial charge in [0.05, 0.1) is 0 Å². The zero-order valence-electron chi connectivity index (χ0n) is 6.16. The van der Waals surface area contributed by atoms with Crippen molar-refractivity contribution in [3.05, 3.63) is 0 Å². The van der Waals surface area contributed by atoms with Crippen molar-refractivity contribution >= 4 is 19.7 Å². The van der Waals surface area contributed by atoms with Gasteiger partial charge in [-0.25, -0.2) is 0 Å². The largest absolute Gasteiger partial charge is 0.451 e. The molecule has 0 bridgehead atoms. The van der Waals surface area contributed by atoms with Gasteiger partial charge in [0.2, 0.25) is 0 Å². The molecule has 0 rings (SSSR count). The molecule has 0 aromatic heterocycles. The van der Waals surface area contributed by atoms with Gasteiger partial charge in [0.15, 0.2) is 0 Å². The van der Waals surface area contributed by atoms with Crippen LogP contribution >= 0.6 is 12.6 Å². The summed E-state index contributed by atoms with van der Waals surface area (Å²) in [6, 6.07) is 0. The van der Waals surface area contributed by atoms with Crippen LogP contribution in [0, 0.1) is 0 Å². The van der Waals surface area contributed by atoms with Gasteiger partial charge in [0.1, 0.15) is 0 Å². The molecule has 0 atom stereocenters. The van der Waals surface area contributed by atoms with Crippen LogP contribution in [-0.2, 0) is 0 Å². The molecule has 0 saturated heterocycles. The Labute approximate surface area is 68.2 Å². The standard InChI is InChI=1S/C6H15BO2S/c8-7(9)5-3-1-2-4-6-10/h8-10H,1-6H2. The number of hydrogen-bond donors (Lipinski definition) is 3. The number of hydrogen-bond acceptors (Lipinski definition) is 3. The molecule has 0 heterocycles. The van der Waals surface area contributed by atoms with Gasteiger partial charge in [-0.1, -0.05) is 19.3 Å². The summed E-state index contributed by atoms with van der Waals surface area (Å²) >= 11 is 4.06. The maximum Gasteiger partial charge on any atom is 0.451 e. The SMILES string of the molecule is OB(O)CCCCCCS. The van der Waals surface area contributed by atoms with Crippen molar-refractivity contribution in [2.45, 2.75) is 32.0 Å². The van der Waals surface area contributed by atoms with Gasteiger partial charge in [-0.15, -0.1) is 0 Å². The van der Waals surface area contributed by atoms with Crippen LogP contribution in [0.1, 0.15) is 25.7 Å².